The lowest BCUT2D eigenvalue weighted by Crippen LogP contribution is -2.53. The van der Waals surface area contributed by atoms with Crippen LogP contribution in [-0.4, -0.2) is 49.7 Å². The minimum Gasteiger partial charge on any atom is -0.467 e. The van der Waals surface area contributed by atoms with E-state index in [-0.39, 0.29) is 23.1 Å². The molecule has 0 aliphatic carbocycles. The Morgan fingerprint density at radius 2 is 2.15 bits per heavy atom. The number of ether oxygens (including phenoxy) is 2. The molecule has 1 amide bonds. The Bertz CT molecular complexity index is 535. The highest BCUT2D eigenvalue weighted by atomic mass is 35.5. The molecule has 1 saturated heterocycles. The molecule has 0 spiro atoms. The predicted octanol–water partition coefficient (Wildman–Crippen LogP) is 2.01. The molecule has 2 rings (SSSR count). The number of amides is 1. The highest BCUT2D eigenvalue weighted by Crippen LogP contribution is 2.27. The van der Waals surface area contributed by atoms with Gasteiger partial charge in [0.15, 0.2) is 6.04 Å². The van der Waals surface area contributed by atoms with E-state index >= 15 is 0 Å². The lowest BCUT2D eigenvalue weighted by molar-refractivity contribution is -0.151. The zero-order valence-electron chi connectivity index (χ0n) is 10.8. The number of carbonyl (C=O) groups excluding carboxylic acids is 2. The molecule has 1 atom stereocenters. The van der Waals surface area contributed by atoms with Gasteiger partial charge in [0.05, 0.1) is 35.9 Å². The largest absolute Gasteiger partial charge is 0.467 e. The second-order valence-corrected chi connectivity index (χ2v) is 5.00. The van der Waals surface area contributed by atoms with Crippen molar-refractivity contribution >= 4 is 35.1 Å². The van der Waals surface area contributed by atoms with E-state index in [9.17, 15) is 9.59 Å². The van der Waals surface area contributed by atoms with Gasteiger partial charge in [0.25, 0.3) is 5.91 Å². The molecule has 1 aliphatic heterocycles. The number of benzene rings is 1. The standard InChI is InChI=1S/C13H13Cl2NO4/c1-19-13(18)10-7-20-6-5-16(10)12(17)8-3-2-4-9(14)11(8)15/h2-4,10H,5-7H2,1H3. The molecule has 1 aliphatic rings. The molecule has 0 N–H and O–H groups in total. The van der Waals surface area contributed by atoms with Gasteiger partial charge in [-0.15, -0.1) is 0 Å². The van der Waals surface area contributed by atoms with Gasteiger partial charge in [-0.3, -0.25) is 4.79 Å². The Hall–Kier alpha value is -1.30. The molecule has 0 bridgehead atoms. The molecule has 1 fully saturated rings. The van der Waals surface area contributed by atoms with E-state index in [4.69, 9.17) is 27.9 Å². The number of hydrogen-bond donors (Lipinski definition) is 0. The molecule has 1 aromatic rings. The van der Waals surface area contributed by atoms with Crippen molar-refractivity contribution in [2.24, 2.45) is 0 Å². The molecule has 5 nitrogen and oxygen atoms in total. The minimum atomic E-state index is -0.767. The maximum atomic E-state index is 12.5. The fraction of sp³-hybridized carbons (Fsp3) is 0.385. The monoisotopic (exact) mass is 317 g/mol. The molecular weight excluding hydrogens is 305 g/mol. The van der Waals surface area contributed by atoms with Crippen LogP contribution in [-0.2, 0) is 14.3 Å². The summed E-state index contributed by atoms with van der Waals surface area (Å²) in [5, 5.41) is 0.467. The number of morpholine rings is 1. The summed E-state index contributed by atoms with van der Waals surface area (Å²) in [4.78, 5) is 25.6. The van der Waals surface area contributed by atoms with Crippen molar-refractivity contribution in [2.45, 2.75) is 6.04 Å². The van der Waals surface area contributed by atoms with Crippen molar-refractivity contribution in [3.05, 3.63) is 33.8 Å². The van der Waals surface area contributed by atoms with Gasteiger partial charge in [-0.2, -0.15) is 0 Å². The Labute approximate surface area is 126 Å². The van der Waals surface area contributed by atoms with Crippen LogP contribution in [0, 0.1) is 0 Å². The van der Waals surface area contributed by atoms with Crippen LogP contribution >= 0.6 is 23.2 Å². The summed E-state index contributed by atoms with van der Waals surface area (Å²) in [5.74, 6) is -0.882. The molecule has 108 valence electrons. The lowest BCUT2D eigenvalue weighted by atomic mass is 10.1. The first-order valence-electron chi connectivity index (χ1n) is 5.96. The fourth-order valence-corrected chi connectivity index (χ4v) is 2.38. The van der Waals surface area contributed by atoms with Crippen LogP contribution in [0.5, 0.6) is 0 Å². The second kappa shape index (κ2) is 6.43. The van der Waals surface area contributed by atoms with Crippen molar-refractivity contribution in [3.63, 3.8) is 0 Å². The Balaban J connectivity index is 2.30. The van der Waals surface area contributed by atoms with Crippen LogP contribution in [0.3, 0.4) is 0 Å². The Morgan fingerprint density at radius 1 is 1.40 bits per heavy atom. The number of nitrogens with zero attached hydrogens (tertiary/aromatic N) is 1. The normalized spacial score (nSPS) is 18.8. The molecule has 20 heavy (non-hydrogen) atoms. The summed E-state index contributed by atoms with van der Waals surface area (Å²) >= 11 is 11.9. The highest BCUT2D eigenvalue weighted by molar-refractivity contribution is 6.43. The lowest BCUT2D eigenvalue weighted by Gasteiger charge is -2.33. The number of carbonyl (C=O) groups is 2. The van der Waals surface area contributed by atoms with Gasteiger partial charge in [0.2, 0.25) is 0 Å². The average Bonchev–Trinajstić information content (AvgIpc) is 2.48. The fourth-order valence-electron chi connectivity index (χ4n) is 2.00. The molecule has 0 aromatic heterocycles. The number of esters is 1. The highest BCUT2D eigenvalue weighted by Gasteiger charge is 2.34. The summed E-state index contributed by atoms with van der Waals surface area (Å²) in [6, 6.07) is 4.03. The number of halogens is 2. The van der Waals surface area contributed by atoms with Crippen molar-refractivity contribution in [3.8, 4) is 0 Å². The van der Waals surface area contributed by atoms with E-state index < -0.39 is 12.0 Å². The Kier molecular flexibility index (Phi) is 4.86. The van der Waals surface area contributed by atoms with Crippen molar-refractivity contribution in [1.82, 2.24) is 4.90 Å². The van der Waals surface area contributed by atoms with Gasteiger partial charge in [0.1, 0.15) is 0 Å². The second-order valence-electron chi connectivity index (χ2n) is 4.21. The van der Waals surface area contributed by atoms with Crippen molar-refractivity contribution in [2.75, 3.05) is 26.9 Å². The van der Waals surface area contributed by atoms with E-state index in [1.807, 2.05) is 0 Å². The van der Waals surface area contributed by atoms with E-state index in [2.05, 4.69) is 4.74 Å². The topological polar surface area (TPSA) is 55.8 Å². The average molecular weight is 318 g/mol. The summed E-state index contributed by atoms with van der Waals surface area (Å²) < 4.78 is 9.91. The molecule has 0 saturated carbocycles. The van der Waals surface area contributed by atoms with Crippen LogP contribution in [0.1, 0.15) is 10.4 Å². The maximum absolute atomic E-state index is 12.5. The molecular formula is C13H13Cl2NO4. The van der Waals surface area contributed by atoms with Crippen LogP contribution < -0.4 is 0 Å². The third-order valence-corrected chi connectivity index (χ3v) is 3.86. The first kappa shape index (κ1) is 15.1. The van der Waals surface area contributed by atoms with E-state index in [0.717, 1.165) is 0 Å². The minimum absolute atomic E-state index is 0.108. The molecule has 1 unspecified atom stereocenters. The summed E-state index contributed by atoms with van der Waals surface area (Å²) in [6.45, 7) is 0.759. The van der Waals surface area contributed by atoms with Gasteiger partial charge in [-0.05, 0) is 12.1 Å². The van der Waals surface area contributed by atoms with Crippen LogP contribution in [0.15, 0.2) is 18.2 Å². The summed E-state index contributed by atoms with van der Waals surface area (Å²) in [7, 11) is 1.27. The first-order chi connectivity index (χ1) is 9.56. The third-order valence-electron chi connectivity index (χ3n) is 3.04. The molecule has 1 heterocycles. The number of methoxy groups -OCH3 is 1. The summed E-state index contributed by atoms with van der Waals surface area (Å²) in [5.41, 5.74) is 0.259. The van der Waals surface area contributed by atoms with Gasteiger partial charge in [-0.25, -0.2) is 4.79 Å². The van der Waals surface area contributed by atoms with Crippen LogP contribution in [0.2, 0.25) is 10.0 Å². The zero-order valence-corrected chi connectivity index (χ0v) is 12.3. The summed E-state index contributed by atoms with van der Waals surface area (Å²) in [6.07, 6.45) is 0. The van der Waals surface area contributed by atoms with Gasteiger partial charge in [0, 0.05) is 6.54 Å². The molecule has 7 heteroatoms. The molecule has 0 radical (unpaired) electrons. The number of rotatable bonds is 2. The smallest absolute Gasteiger partial charge is 0.331 e. The first-order valence-corrected chi connectivity index (χ1v) is 6.72. The maximum Gasteiger partial charge on any atom is 0.331 e. The third kappa shape index (κ3) is 2.90. The van der Waals surface area contributed by atoms with Crippen LogP contribution in [0.25, 0.3) is 0 Å². The number of hydrogen-bond acceptors (Lipinski definition) is 4. The van der Waals surface area contributed by atoms with Gasteiger partial charge >= 0.3 is 5.97 Å². The SMILES string of the molecule is COC(=O)C1COCCN1C(=O)c1cccc(Cl)c1Cl. The molecule has 1 aromatic carbocycles. The van der Waals surface area contributed by atoms with E-state index in [0.29, 0.717) is 18.2 Å². The van der Waals surface area contributed by atoms with Crippen molar-refractivity contribution in [1.29, 1.82) is 0 Å². The quantitative estimate of drug-likeness (QED) is 0.783. The van der Waals surface area contributed by atoms with Gasteiger partial charge < -0.3 is 14.4 Å². The van der Waals surface area contributed by atoms with E-state index in [1.165, 1.54) is 12.0 Å². The Morgan fingerprint density at radius 3 is 2.85 bits per heavy atom. The zero-order chi connectivity index (χ0) is 14.7. The van der Waals surface area contributed by atoms with Crippen LogP contribution in [0.4, 0.5) is 0 Å². The van der Waals surface area contributed by atoms with Crippen molar-refractivity contribution < 1.29 is 19.1 Å². The van der Waals surface area contributed by atoms with E-state index in [1.54, 1.807) is 18.2 Å². The van der Waals surface area contributed by atoms with Gasteiger partial charge in [-0.1, -0.05) is 29.3 Å². The predicted molar refractivity (Wildman–Crippen MR) is 74.1 cm³/mol.